The Morgan fingerprint density at radius 1 is 1.60 bits per heavy atom. The lowest BCUT2D eigenvalue weighted by atomic mass is 10.1. The molecular weight excluding hydrogens is 194 g/mol. The zero-order valence-corrected chi connectivity index (χ0v) is 8.86. The largest absolute Gasteiger partial charge is 0.508 e. The quantitative estimate of drug-likeness (QED) is 0.732. The molecule has 0 bridgehead atoms. The van der Waals surface area contributed by atoms with Crippen molar-refractivity contribution in [2.75, 3.05) is 13.7 Å². The van der Waals surface area contributed by atoms with Crippen molar-refractivity contribution in [2.24, 2.45) is 0 Å². The van der Waals surface area contributed by atoms with Crippen LogP contribution >= 0.6 is 0 Å². The van der Waals surface area contributed by atoms with Gasteiger partial charge in [0.05, 0.1) is 13.7 Å². The molecule has 1 atom stereocenters. The normalized spacial score (nSPS) is 12.1. The number of aromatic hydroxyl groups is 1. The molecule has 0 heterocycles. The van der Waals surface area contributed by atoms with Crippen LogP contribution in [0.25, 0.3) is 0 Å². The standard InChI is InChI=1S/C11H15NO3/c1-8(12-7-11(14)15-2)9-4-3-5-10(13)6-9/h3-6,8,12-13H,7H2,1-2H3. The summed E-state index contributed by atoms with van der Waals surface area (Å²) in [5, 5.41) is 12.3. The van der Waals surface area contributed by atoms with Crippen molar-refractivity contribution < 1.29 is 14.6 Å². The molecule has 1 aromatic rings. The fourth-order valence-corrected chi connectivity index (χ4v) is 1.22. The van der Waals surface area contributed by atoms with E-state index in [9.17, 15) is 9.90 Å². The van der Waals surface area contributed by atoms with Gasteiger partial charge in [0.15, 0.2) is 0 Å². The van der Waals surface area contributed by atoms with Crippen molar-refractivity contribution in [1.29, 1.82) is 0 Å². The van der Waals surface area contributed by atoms with E-state index in [-0.39, 0.29) is 24.3 Å². The number of hydrogen-bond acceptors (Lipinski definition) is 4. The SMILES string of the molecule is COC(=O)CNC(C)c1cccc(O)c1. The molecule has 0 aliphatic heterocycles. The van der Waals surface area contributed by atoms with Gasteiger partial charge in [-0.25, -0.2) is 0 Å². The van der Waals surface area contributed by atoms with Crippen LogP contribution in [0.15, 0.2) is 24.3 Å². The van der Waals surface area contributed by atoms with Crippen molar-refractivity contribution in [3.05, 3.63) is 29.8 Å². The summed E-state index contributed by atoms with van der Waals surface area (Å²) in [4.78, 5) is 10.9. The number of esters is 1. The highest BCUT2D eigenvalue weighted by atomic mass is 16.5. The molecule has 0 aliphatic rings. The first kappa shape index (κ1) is 11.5. The number of rotatable bonds is 4. The topological polar surface area (TPSA) is 58.6 Å². The van der Waals surface area contributed by atoms with E-state index < -0.39 is 0 Å². The Bertz CT molecular complexity index is 338. The molecule has 0 saturated heterocycles. The summed E-state index contributed by atoms with van der Waals surface area (Å²) in [6.45, 7) is 2.07. The molecule has 4 nitrogen and oxygen atoms in total. The third-order valence-corrected chi connectivity index (χ3v) is 2.15. The number of ether oxygens (including phenoxy) is 1. The van der Waals surface area contributed by atoms with Crippen LogP contribution in [-0.4, -0.2) is 24.7 Å². The lowest BCUT2D eigenvalue weighted by Crippen LogP contribution is -2.26. The van der Waals surface area contributed by atoms with E-state index in [0.717, 1.165) is 5.56 Å². The third kappa shape index (κ3) is 3.59. The number of hydrogen-bond donors (Lipinski definition) is 2. The fourth-order valence-electron chi connectivity index (χ4n) is 1.22. The first-order valence-electron chi connectivity index (χ1n) is 4.72. The minimum absolute atomic E-state index is 0.00352. The molecule has 0 amide bonds. The second-order valence-electron chi connectivity index (χ2n) is 3.27. The Labute approximate surface area is 88.9 Å². The number of carbonyl (C=O) groups is 1. The number of phenols is 1. The zero-order chi connectivity index (χ0) is 11.3. The number of carbonyl (C=O) groups excluding carboxylic acids is 1. The molecule has 1 aromatic carbocycles. The molecule has 2 N–H and O–H groups in total. The summed E-state index contributed by atoms with van der Waals surface area (Å²) in [5.41, 5.74) is 0.930. The molecule has 0 radical (unpaired) electrons. The molecule has 4 heteroatoms. The highest BCUT2D eigenvalue weighted by Gasteiger charge is 2.07. The summed E-state index contributed by atoms with van der Waals surface area (Å²) >= 11 is 0. The van der Waals surface area contributed by atoms with E-state index in [4.69, 9.17) is 0 Å². The van der Waals surface area contributed by atoms with Gasteiger partial charge < -0.3 is 15.2 Å². The first-order chi connectivity index (χ1) is 7.13. The molecule has 0 fully saturated rings. The number of benzene rings is 1. The van der Waals surface area contributed by atoms with Gasteiger partial charge in [-0.1, -0.05) is 12.1 Å². The van der Waals surface area contributed by atoms with Gasteiger partial charge in [-0.05, 0) is 24.6 Å². The average molecular weight is 209 g/mol. The van der Waals surface area contributed by atoms with Crippen molar-refractivity contribution in [1.82, 2.24) is 5.32 Å². The number of nitrogens with one attached hydrogen (secondary N) is 1. The Kier molecular flexibility index (Phi) is 4.12. The minimum Gasteiger partial charge on any atom is -0.508 e. The van der Waals surface area contributed by atoms with Gasteiger partial charge in [-0.15, -0.1) is 0 Å². The van der Waals surface area contributed by atoms with Crippen LogP contribution in [0, 0.1) is 0 Å². The van der Waals surface area contributed by atoms with E-state index in [1.54, 1.807) is 18.2 Å². The first-order valence-corrected chi connectivity index (χ1v) is 4.72. The maximum Gasteiger partial charge on any atom is 0.319 e. The van der Waals surface area contributed by atoms with Crippen molar-refractivity contribution >= 4 is 5.97 Å². The van der Waals surface area contributed by atoms with E-state index in [1.165, 1.54) is 7.11 Å². The maximum atomic E-state index is 10.9. The summed E-state index contributed by atoms with van der Waals surface area (Å²) in [6.07, 6.45) is 0. The summed E-state index contributed by atoms with van der Waals surface area (Å²) < 4.78 is 4.51. The van der Waals surface area contributed by atoms with E-state index in [0.29, 0.717) is 0 Å². The number of methoxy groups -OCH3 is 1. The van der Waals surface area contributed by atoms with E-state index >= 15 is 0 Å². The molecule has 15 heavy (non-hydrogen) atoms. The molecule has 1 rings (SSSR count). The van der Waals surface area contributed by atoms with Crippen LogP contribution in [0.1, 0.15) is 18.5 Å². The highest BCUT2D eigenvalue weighted by molar-refractivity contribution is 5.71. The van der Waals surface area contributed by atoms with Gasteiger partial charge in [-0.3, -0.25) is 4.79 Å². The van der Waals surface area contributed by atoms with Gasteiger partial charge in [-0.2, -0.15) is 0 Å². The van der Waals surface area contributed by atoms with Gasteiger partial charge in [0.2, 0.25) is 0 Å². The molecule has 82 valence electrons. The predicted octanol–water partition coefficient (Wildman–Crippen LogP) is 1.22. The number of phenolic OH excluding ortho intramolecular Hbond substituents is 1. The Hall–Kier alpha value is -1.55. The molecule has 0 aromatic heterocycles. The van der Waals surface area contributed by atoms with Crippen LogP contribution in [0.4, 0.5) is 0 Å². The lowest BCUT2D eigenvalue weighted by Gasteiger charge is -2.13. The van der Waals surface area contributed by atoms with Gasteiger partial charge in [0, 0.05) is 6.04 Å². The van der Waals surface area contributed by atoms with Crippen molar-refractivity contribution in [3.8, 4) is 5.75 Å². The minimum atomic E-state index is -0.304. The molecule has 0 spiro atoms. The summed E-state index contributed by atoms with van der Waals surface area (Å²) in [6, 6.07) is 6.91. The Morgan fingerprint density at radius 3 is 2.93 bits per heavy atom. The van der Waals surface area contributed by atoms with Crippen LogP contribution in [0.5, 0.6) is 5.75 Å². The van der Waals surface area contributed by atoms with Crippen LogP contribution in [0.3, 0.4) is 0 Å². The fraction of sp³-hybridized carbons (Fsp3) is 0.364. The second kappa shape index (κ2) is 5.36. The third-order valence-electron chi connectivity index (χ3n) is 2.15. The zero-order valence-electron chi connectivity index (χ0n) is 8.86. The van der Waals surface area contributed by atoms with Crippen LogP contribution in [-0.2, 0) is 9.53 Å². The van der Waals surface area contributed by atoms with Crippen LogP contribution < -0.4 is 5.32 Å². The summed E-state index contributed by atoms with van der Waals surface area (Å²) in [5.74, 6) is -0.0822. The lowest BCUT2D eigenvalue weighted by molar-refractivity contribution is -0.139. The Balaban J connectivity index is 2.53. The smallest absolute Gasteiger partial charge is 0.319 e. The van der Waals surface area contributed by atoms with Gasteiger partial charge in [0.1, 0.15) is 5.75 Å². The van der Waals surface area contributed by atoms with Crippen LogP contribution in [0.2, 0.25) is 0 Å². The monoisotopic (exact) mass is 209 g/mol. The van der Waals surface area contributed by atoms with Gasteiger partial charge >= 0.3 is 5.97 Å². The Morgan fingerprint density at radius 2 is 2.33 bits per heavy atom. The maximum absolute atomic E-state index is 10.9. The van der Waals surface area contributed by atoms with Crippen molar-refractivity contribution in [2.45, 2.75) is 13.0 Å². The van der Waals surface area contributed by atoms with Crippen molar-refractivity contribution in [3.63, 3.8) is 0 Å². The molecular formula is C11H15NO3. The van der Waals surface area contributed by atoms with E-state index in [2.05, 4.69) is 10.1 Å². The van der Waals surface area contributed by atoms with Gasteiger partial charge in [0.25, 0.3) is 0 Å². The predicted molar refractivity (Wildman–Crippen MR) is 56.5 cm³/mol. The second-order valence-corrected chi connectivity index (χ2v) is 3.27. The average Bonchev–Trinajstić information content (AvgIpc) is 2.25. The molecule has 0 aliphatic carbocycles. The van der Waals surface area contributed by atoms with E-state index in [1.807, 2.05) is 13.0 Å². The molecule has 0 saturated carbocycles. The summed E-state index contributed by atoms with van der Waals surface area (Å²) in [7, 11) is 1.35. The molecule has 1 unspecified atom stereocenters. The highest BCUT2D eigenvalue weighted by Crippen LogP contribution is 2.17.